The molecule has 0 radical (unpaired) electrons. The molecule has 4 heteroatoms. The van der Waals surface area contributed by atoms with E-state index in [1.807, 2.05) is 13.8 Å². The highest BCUT2D eigenvalue weighted by Crippen LogP contribution is 2.04. The van der Waals surface area contributed by atoms with Crippen LogP contribution in [0.1, 0.15) is 25.4 Å². The van der Waals surface area contributed by atoms with E-state index >= 15 is 0 Å². The molecule has 1 aromatic heterocycles. The normalized spacial score (nSPS) is 10.2. The quantitative estimate of drug-likeness (QED) is 0.613. The van der Waals surface area contributed by atoms with Gasteiger partial charge in [-0.15, -0.1) is 0 Å². The molecular weight excluding hydrogens is 160 g/mol. The highest BCUT2D eigenvalue weighted by Gasteiger charge is 2.07. The van der Waals surface area contributed by atoms with Gasteiger partial charge in [-0.2, -0.15) is 0 Å². The molecule has 0 aromatic carbocycles. The summed E-state index contributed by atoms with van der Waals surface area (Å²) in [6.07, 6.45) is 1.12. The average molecular weight is 170 g/mol. The SMILES string of the molecule is CCc1oc(=O)c(=O)oc1CC. The lowest BCUT2D eigenvalue weighted by Gasteiger charge is -1.98. The fourth-order valence-electron chi connectivity index (χ4n) is 0.960. The van der Waals surface area contributed by atoms with E-state index in [2.05, 4.69) is 0 Å². The van der Waals surface area contributed by atoms with E-state index in [0.717, 1.165) is 0 Å². The van der Waals surface area contributed by atoms with Gasteiger partial charge in [-0.1, -0.05) is 13.8 Å². The van der Waals surface area contributed by atoms with Crippen molar-refractivity contribution in [3.63, 3.8) is 0 Å². The van der Waals surface area contributed by atoms with Crippen LogP contribution in [0.15, 0.2) is 18.4 Å². The molecule has 0 unspecified atom stereocenters. The van der Waals surface area contributed by atoms with Crippen molar-refractivity contribution in [3.05, 3.63) is 32.4 Å². The molecule has 0 amide bonds. The van der Waals surface area contributed by atoms with Crippen LogP contribution >= 0.6 is 0 Å². The van der Waals surface area contributed by atoms with Crippen LogP contribution < -0.4 is 11.3 Å². The van der Waals surface area contributed by atoms with Gasteiger partial charge in [0.15, 0.2) is 0 Å². The topological polar surface area (TPSA) is 60.4 Å². The first-order valence-corrected chi connectivity index (χ1v) is 3.85. The summed E-state index contributed by atoms with van der Waals surface area (Å²) in [5.41, 5.74) is -1.85. The number of hydrogen-bond donors (Lipinski definition) is 0. The van der Waals surface area contributed by atoms with Crippen LogP contribution in [0.25, 0.3) is 0 Å². The summed E-state index contributed by atoms with van der Waals surface area (Å²) >= 11 is 0. The summed E-state index contributed by atoms with van der Waals surface area (Å²) in [7, 11) is 0. The molecule has 0 atom stereocenters. The standard InChI is InChI=1S/C8H10O4/c1-3-5-6(4-2)12-8(10)7(9)11-5/h3-4H2,1-2H3. The second-order valence-corrected chi connectivity index (χ2v) is 2.33. The van der Waals surface area contributed by atoms with Gasteiger partial charge in [0.05, 0.1) is 0 Å². The third-order valence-electron chi connectivity index (χ3n) is 1.55. The van der Waals surface area contributed by atoms with Crippen LogP contribution in [0.4, 0.5) is 0 Å². The van der Waals surface area contributed by atoms with E-state index in [-0.39, 0.29) is 0 Å². The molecule has 1 rings (SSSR count). The Balaban J connectivity index is 3.39. The second kappa shape index (κ2) is 3.38. The van der Waals surface area contributed by atoms with Crippen LogP contribution in [0.2, 0.25) is 0 Å². The Bertz CT molecular complexity index is 334. The molecule has 4 nitrogen and oxygen atoms in total. The highest BCUT2D eigenvalue weighted by atomic mass is 16.5. The number of rotatable bonds is 2. The maximum Gasteiger partial charge on any atom is 0.423 e. The predicted molar refractivity (Wildman–Crippen MR) is 42.3 cm³/mol. The van der Waals surface area contributed by atoms with Crippen LogP contribution in [-0.2, 0) is 12.8 Å². The largest absolute Gasteiger partial charge is 0.423 e. The molecule has 0 aliphatic carbocycles. The Morgan fingerprint density at radius 3 is 1.50 bits per heavy atom. The maximum absolute atomic E-state index is 10.7. The lowest BCUT2D eigenvalue weighted by atomic mass is 10.2. The van der Waals surface area contributed by atoms with Gasteiger partial charge < -0.3 is 8.83 Å². The van der Waals surface area contributed by atoms with Gasteiger partial charge in [0.25, 0.3) is 0 Å². The minimum absolute atomic E-state index is 0.460. The van der Waals surface area contributed by atoms with Gasteiger partial charge in [0.2, 0.25) is 0 Å². The Hall–Kier alpha value is -1.32. The Morgan fingerprint density at radius 1 is 0.917 bits per heavy atom. The summed E-state index contributed by atoms with van der Waals surface area (Å²) in [4.78, 5) is 21.4. The number of hydrogen-bond acceptors (Lipinski definition) is 4. The van der Waals surface area contributed by atoms with Crippen molar-refractivity contribution in [2.75, 3.05) is 0 Å². The maximum atomic E-state index is 10.7. The first-order valence-electron chi connectivity index (χ1n) is 3.85. The average Bonchev–Trinajstić information content (AvgIpc) is 2.09. The zero-order valence-electron chi connectivity index (χ0n) is 7.05. The summed E-state index contributed by atoms with van der Waals surface area (Å²) < 4.78 is 9.43. The first kappa shape index (κ1) is 8.77. The fourth-order valence-corrected chi connectivity index (χ4v) is 0.960. The van der Waals surface area contributed by atoms with Crippen molar-refractivity contribution in [3.8, 4) is 0 Å². The summed E-state index contributed by atoms with van der Waals surface area (Å²) in [5, 5.41) is 0. The molecule has 0 N–H and O–H groups in total. The third-order valence-corrected chi connectivity index (χ3v) is 1.55. The van der Waals surface area contributed by atoms with Gasteiger partial charge in [0.1, 0.15) is 11.5 Å². The minimum Gasteiger partial charge on any atom is -0.419 e. The summed E-state index contributed by atoms with van der Waals surface area (Å²) in [6, 6.07) is 0. The van der Waals surface area contributed by atoms with Crippen molar-refractivity contribution < 1.29 is 8.83 Å². The van der Waals surface area contributed by atoms with Crippen LogP contribution in [0.5, 0.6) is 0 Å². The van der Waals surface area contributed by atoms with Gasteiger partial charge in [-0.25, -0.2) is 9.59 Å². The van der Waals surface area contributed by atoms with Crippen LogP contribution in [-0.4, -0.2) is 0 Å². The van der Waals surface area contributed by atoms with Crippen molar-refractivity contribution >= 4 is 0 Å². The lowest BCUT2D eigenvalue weighted by molar-refractivity contribution is 0.335. The van der Waals surface area contributed by atoms with E-state index in [9.17, 15) is 9.59 Å². The zero-order valence-corrected chi connectivity index (χ0v) is 7.05. The molecule has 12 heavy (non-hydrogen) atoms. The predicted octanol–water partition coefficient (Wildman–Crippen LogP) is 0.718. The van der Waals surface area contributed by atoms with Crippen molar-refractivity contribution in [2.24, 2.45) is 0 Å². The molecule has 0 saturated carbocycles. The minimum atomic E-state index is -0.927. The van der Waals surface area contributed by atoms with Gasteiger partial charge in [0, 0.05) is 12.8 Å². The Kier molecular flexibility index (Phi) is 2.47. The molecule has 1 aromatic rings. The van der Waals surface area contributed by atoms with E-state index < -0.39 is 11.3 Å². The van der Waals surface area contributed by atoms with Crippen LogP contribution in [0, 0.1) is 0 Å². The smallest absolute Gasteiger partial charge is 0.419 e. The van der Waals surface area contributed by atoms with E-state index in [0.29, 0.717) is 24.4 Å². The van der Waals surface area contributed by atoms with Gasteiger partial charge >= 0.3 is 11.3 Å². The molecule has 0 saturated heterocycles. The van der Waals surface area contributed by atoms with Gasteiger partial charge in [-0.3, -0.25) is 0 Å². The fraction of sp³-hybridized carbons (Fsp3) is 0.500. The molecule has 1 heterocycles. The van der Waals surface area contributed by atoms with Crippen molar-refractivity contribution in [1.82, 2.24) is 0 Å². The van der Waals surface area contributed by atoms with Gasteiger partial charge in [-0.05, 0) is 0 Å². The van der Waals surface area contributed by atoms with Crippen molar-refractivity contribution in [2.45, 2.75) is 26.7 Å². The molecule has 0 aliphatic heterocycles. The highest BCUT2D eigenvalue weighted by molar-refractivity contribution is 5.02. The Morgan fingerprint density at radius 2 is 1.25 bits per heavy atom. The lowest BCUT2D eigenvalue weighted by Crippen LogP contribution is -2.23. The number of aryl methyl sites for hydroxylation is 2. The van der Waals surface area contributed by atoms with E-state index in [1.54, 1.807) is 0 Å². The molecule has 0 bridgehead atoms. The first-order chi connectivity index (χ1) is 5.69. The molecule has 66 valence electrons. The van der Waals surface area contributed by atoms with Crippen molar-refractivity contribution in [1.29, 1.82) is 0 Å². The monoisotopic (exact) mass is 170 g/mol. The third kappa shape index (κ3) is 1.47. The molecular formula is C8H10O4. The van der Waals surface area contributed by atoms with Crippen LogP contribution in [0.3, 0.4) is 0 Å². The Labute approximate surface area is 68.8 Å². The molecule has 0 spiro atoms. The van der Waals surface area contributed by atoms with E-state index in [1.165, 1.54) is 0 Å². The molecule has 0 fully saturated rings. The van der Waals surface area contributed by atoms with E-state index in [4.69, 9.17) is 8.83 Å². The molecule has 0 aliphatic rings. The second-order valence-electron chi connectivity index (χ2n) is 2.33. The summed E-state index contributed by atoms with van der Waals surface area (Å²) in [6.45, 7) is 3.66. The zero-order chi connectivity index (χ0) is 9.14. The summed E-state index contributed by atoms with van der Waals surface area (Å²) in [5.74, 6) is 0.921.